The first-order valence-electron chi connectivity index (χ1n) is 7.84. The van der Waals surface area contributed by atoms with E-state index in [1.807, 2.05) is 0 Å². The molecule has 0 saturated heterocycles. The van der Waals surface area contributed by atoms with Crippen LogP contribution in [0.15, 0.2) is 16.6 Å². The van der Waals surface area contributed by atoms with Crippen LogP contribution in [-0.2, 0) is 12.8 Å². The number of unbranched alkanes of at least 4 members (excludes halogenated alkanes) is 3. The Balaban J connectivity index is 1.70. The highest BCUT2D eigenvalue weighted by molar-refractivity contribution is 9.10. The highest BCUT2D eigenvalue weighted by Gasteiger charge is 2.16. The Labute approximate surface area is 131 Å². The van der Waals surface area contributed by atoms with Gasteiger partial charge >= 0.3 is 0 Å². The Morgan fingerprint density at radius 3 is 2.80 bits per heavy atom. The Kier molecular flexibility index (Phi) is 6.37. The molecule has 2 nitrogen and oxygen atoms in total. The lowest BCUT2D eigenvalue weighted by atomic mass is 10.0. The Morgan fingerprint density at radius 1 is 1.20 bits per heavy atom. The van der Waals surface area contributed by atoms with E-state index in [-0.39, 0.29) is 0 Å². The minimum atomic E-state index is 0.608. The summed E-state index contributed by atoms with van der Waals surface area (Å²) in [5, 5.41) is 3.47. The maximum Gasteiger partial charge on any atom is 0.125 e. The third kappa shape index (κ3) is 4.78. The van der Waals surface area contributed by atoms with Crippen LogP contribution in [0.4, 0.5) is 0 Å². The summed E-state index contributed by atoms with van der Waals surface area (Å²) in [5.41, 5.74) is 2.75. The van der Waals surface area contributed by atoms with E-state index < -0.39 is 0 Å². The highest BCUT2D eigenvalue weighted by atomic mass is 79.9. The summed E-state index contributed by atoms with van der Waals surface area (Å²) >= 11 is 3.61. The summed E-state index contributed by atoms with van der Waals surface area (Å²) < 4.78 is 6.97. The molecule has 0 saturated carbocycles. The van der Waals surface area contributed by atoms with Crippen molar-refractivity contribution in [2.45, 2.75) is 58.4 Å². The molecule has 0 amide bonds. The van der Waals surface area contributed by atoms with Crippen LogP contribution in [0.1, 0.15) is 50.7 Å². The van der Waals surface area contributed by atoms with E-state index in [1.165, 1.54) is 41.3 Å². The van der Waals surface area contributed by atoms with Gasteiger partial charge in [-0.05, 0) is 49.1 Å². The van der Waals surface area contributed by atoms with E-state index >= 15 is 0 Å². The normalized spacial score (nSPS) is 13.6. The number of fused-ring (bicyclic) bond motifs is 1. The molecule has 1 aliphatic rings. The third-order valence-corrected chi connectivity index (χ3v) is 4.21. The van der Waals surface area contributed by atoms with Crippen LogP contribution in [0.2, 0.25) is 0 Å². The van der Waals surface area contributed by atoms with Crippen LogP contribution in [0.25, 0.3) is 0 Å². The van der Waals surface area contributed by atoms with E-state index in [0.29, 0.717) is 6.04 Å². The number of benzene rings is 1. The predicted octanol–water partition coefficient (Wildman–Crippen LogP) is 4.48. The number of rotatable bonds is 8. The summed E-state index contributed by atoms with van der Waals surface area (Å²) in [5.74, 6) is 1.16. The van der Waals surface area contributed by atoms with Crippen molar-refractivity contribution in [3.05, 3.63) is 27.7 Å². The zero-order chi connectivity index (χ0) is 14.4. The van der Waals surface area contributed by atoms with Crippen molar-refractivity contribution in [2.75, 3.05) is 13.2 Å². The second kappa shape index (κ2) is 8.04. The quantitative estimate of drug-likeness (QED) is 0.704. The first kappa shape index (κ1) is 15.8. The van der Waals surface area contributed by atoms with E-state index in [0.717, 1.165) is 31.7 Å². The van der Waals surface area contributed by atoms with Gasteiger partial charge in [-0.1, -0.05) is 42.6 Å². The molecule has 2 rings (SSSR count). The highest BCUT2D eigenvalue weighted by Crippen LogP contribution is 2.33. The van der Waals surface area contributed by atoms with Gasteiger partial charge in [0.05, 0.1) is 6.61 Å². The molecule has 112 valence electrons. The average Bonchev–Trinajstić information content (AvgIpc) is 2.85. The first-order valence-corrected chi connectivity index (χ1v) is 8.63. The van der Waals surface area contributed by atoms with E-state index in [1.54, 1.807) is 0 Å². The molecular weight excluding hydrogens is 314 g/mol. The number of ether oxygens (including phenoxy) is 1. The molecule has 3 heteroatoms. The van der Waals surface area contributed by atoms with Crippen LogP contribution in [0.3, 0.4) is 0 Å². The smallest absolute Gasteiger partial charge is 0.125 e. The van der Waals surface area contributed by atoms with Crippen LogP contribution in [-0.4, -0.2) is 19.2 Å². The predicted molar refractivity (Wildman–Crippen MR) is 88.7 cm³/mol. The van der Waals surface area contributed by atoms with Gasteiger partial charge in [0.2, 0.25) is 0 Å². The van der Waals surface area contributed by atoms with Gasteiger partial charge < -0.3 is 10.1 Å². The monoisotopic (exact) mass is 339 g/mol. The third-order valence-electron chi connectivity index (χ3n) is 3.75. The molecule has 1 N–H and O–H groups in total. The van der Waals surface area contributed by atoms with Gasteiger partial charge in [0.25, 0.3) is 0 Å². The molecule has 0 bridgehead atoms. The summed E-state index contributed by atoms with van der Waals surface area (Å²) in [4.78, 5) is 0. The number of halogens is 1. The molecule has 0 fully saturated rings. The zero-order valence-corrected chi connectivity index (χ0v) is 14.3. The lowest BCUT2D eigenvalue weighted by Crippen LogP contribution is -2.23. The first-order chi connectivity index (χ1) is 9.66. The number of aryl methyl sites for hydroxylation is 1. The number of nitrogens with one attached hydrogen (secondary N) is 1. The lowest BCUT2D eigenvalue weighted by molar-refractivity contribution is 0.353. The van der Waals surface area contributed by atoms with Crippen molar-refractivity contribution in [2.24, 2.45) is 0 Å². The van der Waals surface area contributed by atoms with Gasteiger partial charge in [-0.3, -0.25) is 0 Å². The van der Waals surface area contributed by atoms with Crippen LogP contribution >= 0.6 is 15.9 Å². The minimum Gasteiger partial charge on any atom is -0.493 e. The van der Waals surface area contributed by atoms with Gasteiger partial charge in [-0.2, -0.15) is 0 Å². The van der Waals surface area contributed by atoms with Crippen molar-refractivity contribution >= 4 is 15.9 Å². The Bertz CT molecular complexity index is 431. The van der Waals surface area contributed by atoms with Crippen LogP contribution < -0.4 is 10.1 Å². The number of hydrogen-bond acceptors (Lipinski definition) is 2. The van der Waals surface area contributed by atoms with Crippen molar-refractivity contribution in [1.29, 1.82) is 0 Å². The second-order valence-electron chi connectivity index (χ2n) is 5.92. The standard InChI is InChI=1S/C17H26BrNO/c1-13(2)19-9-6-4-3-5-7-14-11-16(18)12-15-8-10-20-17(14)15/h11-13,19H,3-10H2,1-2H3. The average molecular weight is 340 g/mol. The summed E-state index contributed by atoms with van der Waals surface area (Å²) in [7, 11) is 0. The summed E-state index contributed by atoms with van der Waals surface area (Å²) in [6.45, 7) is 6.40. The van der Waals surface area contributed by atoms with Gasteiger partial charge in [0, 0.05) is 16.9 Å². The molecule has 1 aromatic carbocycles. The minimum absolute atomic E-state index is 0.608. The molecule has 0 atom stereocenters. The van der Waals surface area contributed by atoms with E-state index in [9.17, 15) is 0 Å². The molecule has 0 aromatic heterocycles. The van der Waals surface area contributed by atoms with E-state index in [4.69, 9.17) is 4.74 Å². The maximum atomic E-state index is 5.78. The summed E-state index contributed by atoms with van der Waals surface area (Å²) in [6, 6.07) is 5.03. The van der Waals surface area contributed by atoms with Gasteiger partial charge in [0.15, 0.2) is 0 Å². The molecule has 0 spiro atoms. The topological polar surface area (TPSA) is 21.3 Å². The van der Waals surface area contributed by atoms with Crippen molar-refractivity contribution in [3.8, 4) is 5.75 Å². The van der Waals surface area contributed by atoms with Crippen LogP contribution in [0, 0.1) is 0 Å². The van der Waals surface area contributed by atoms with Crippen molar-refractivity contribution in [1.82, 2.24) is 5.32 Å². The van der Waals surface area contributed by atoms with E-state index in [2.05, 4.69) is 47.2 Å². The fourth-order valence-electron chi connectivity index (χ4n) is 2.72. The second-order valence-corrected chi connectivity index (χ2v) is 6.84. The fraction of sp³-hybridized carbons (Fsp3) is 0.647. The molecule has 0 unspecified atom stereocenters. The van der Waals surface area contributed by atoms with Crippen molar-refractivity contribution < 1.29 is 4.74 Å². The molecule has 1 heterocycles. The lowest BCUT2D eigenvalue weighted by Gasteiger charge is -2.10. The molecular formula is C17H26BrNO. The zero-order valence-electron chi connectivity index (χ0n) is 12.7. The number of hydrogen-bond donors (Lipinski definition) is 1. The molecule has 1 aliphatic heterocycles. The Morgan fingerprint density at radius 2 is 2.00 bits per heavy atom. The molecule has 1 aromatic rings. The SMILES string of the molecule is CC(C)NCCCCCCc1cc(Br)cc2c1OCC2. The molecule has 0 radical (unpaired) electrons. The molecule has 20 heavy (non-hydrogen) atoms. The molecule has 0 aliphatic carbocycles. The van der Waals surface area contributed by atoms with Gasteiger partial charge in [0.1, 0.15) is 5.75 Å². The largest absolute Gasteiger partial charge is 0.493 e. The van der Waals surface area contributed by atoms with Gasteiger partial charge in [-0.15, -0.1) is 0 Å². The van der Waals surface area contributed by atoms with Gasteiger partial charge in [-0.25, -0.2) is 0 Å². The van der Waals surface area contributed by atoms with Crippen molar-refractivity contribution in [3.63, 3.8) is 0 Å². The fourth-order valence-corrected chi connectivity index (χ4v) is 3.27. The summed E-state index contributed by atoms with van der Waals surface area (Å²) in [6.07, 6.45) is 7.36. The maximum absolute atomic E-state index is 5.78. The Hall–Kier alpha value is -0.540. The van der Waals surface area contributed by atoms with Crippen LogP contribution in [0.5, 0.6) is 5.75 Å².